The molecule has 1 fully saturated rings. The fourth-order valence-electron chi connectivity index (χ4n) is 2.66. The second kappa shape index (κ2) is 6.07. The highest BCUT2D eigenvalue weighted by Crippen LogP contribution is 2.39. The summed E-state index contributed by atoms with van der Waals surface area (Å²) in [6.07, 6.45) is 0.879. The number of nitrogens with zero attached hydrogens (tertiary/aromatic N) is 2. The first kappa shape index (κ1) is 15.9. The minimum atomic E-state index is -0.829. The first-order chi connectivity index (χ1) is 9.81. The molecule has 1 aromatic carbocycles. The Morgan fingerprint density at radius 1 is 1.43 bits per heavy atom. The van der Waals surface area contributed by atoms with E-state index in [-0.39, 0.29) is 21.8 Å². The number of rotatable bonds is 3. The van der Waals surface area contributed by atoms with Crippen molar-refractivity contribution in [3.05, 3.63) is 32.3 Å². The van der Waals surface area contributed by atoms with Crippen LogP contribution in [0, 0.1) is 16.0 Å². The second-order valence-electron chi connectivity index (χ2n) is 5.11. The molecule has 0 aromatic heterocycles. The molecule has 1 aliphatic rings. The number of carboxylic acids is 1. The lowest BCUT2D eigenvalue weighted by Crippen LogP contribution is -2.43. The van der Waals surface area contributed by atoms with Gasteiger partial charge in [0.1, 0.15) is 5.69 Å². The van der Waals surface area contributed by atoms with Crippen LogP contribution in [0.2, 0.25) is 10.0 Å². The van der Waals surface area contributed by atoms with Crippen LogP contribution in [0.1, 0.15) is 19.8 Å². The van der Waals surface area contributed by atoms with E-state index in [1.165, 1.54) is 12.1 Å². The predicted molar refractivity (Wildman–Crippen MR) is 80.3 cm³/mol. The van der Waals surface area contributed by atoms with Crippen molar-refractivity contribution in [1.82, 2.24) is 0 Å². The molecule has 114 valence electrons. The van der Waals surface area contributed by atoms with E-state index in [2.05, 4.69) is 0 Å². The molecule has 1 aliphatic heterocycles. The normalized spacial score (nSPS) is 22.1. The van der Waals surface area contributed by atoms with Crippen molar-refractivity contribution < 1.29 is 14.8 Å². The fraction of sp³-hybridized carbons (Fsp3) is 0.462. The van der Waals surface area contributed by atoms with Crippen molar-refractivity contribution in [2.24, 2.45) is 5.92 Å². The van der Waals surface area contributed by atoms with Gasteiger partial charge in [-0.1, -0.05) is 23.2 Å². The van der Waals surface area contributed by atoms with Gasteiger partial charge in [0.2, 0.25) is 0 Å². The maximum Gasteiger partial charge on any atom is 0.306 e. The lowest BCUT2D eigenvalue weighted by Gasteiger charge is -2.37. The molecule has 2 atom stereocenters. The Labute approximate surface area is 131 Å². The molecule has 1 heterocycles. The Kier molecular flexibility index (Phi) is 4.58. The molecule has 8 heteroatoms. The van der Waals surface area contributed by atoms with Crippen molar-refractivity contribution in [3.63, 3.8) is 0 Å². The summed E-state index contributed by atoms with van der Waals surface area (Å²) >= 11 is 11.8. The van der Waals surface area contributed by atoms with Crippen LogP contribution in [0.25, 0.3) is 0 Å². The largest absolute Gasteiger partial charge is 0.481 e. The summed E-state index contributed by atoms with van der Waals surface area (Å²) in [7, 11) is 0. The van der Waals surface area contributed by atoms with Crippen LogP contribution in [0.15, 0.2) is 12.1 Å². The fourth-order valence-corrected chi connectivity index (χ4v) is 2.97. The van der Waals surface area contributed by atoms with Crippen LogP contribution in [0.5, 0.6) is 0 Å². The number of hydrogen-bond donors (Lipinski definition) is 1. The molecular formula is C13H14Cl2N2O4. The second-order valence-corrected chi connectivity index (χ2v) is 5.93. The van der Waals surface area contributed by atoms with Gasteiger partial charge in [-0.05, 0) is 25.8 Å². The van der Waals surface area contributed by atoms with Gasteiger partial charge in [0.15, 0.2) is 0 Å². The lowest BCUT2D eigenvalue weighted by molar-refractivity contribution is -0.384. The molecule has 2 rings (SSSR count). The minimum Gasteiger partial charge on any atom is -0.481 e. The van der Waals surface area contributed by atoms with Gasteiger partial charge in [-0.25, -0.2) is 0 Å². The van der Waals surface area contributed by atoms with Crippen LogP contribution in [0.3, 0.4) is 0 Å². The third kappa shape index (κ3) is 3.22. The monoisotopic (exact) mass is 332 g/mol. The maximum absolute atomic E-state index is 11.2. The van der Waals surface area contributed by atoms with Crippen LogP contribution in [-0.4, -0.2) is 28.6 Å². The van der Waals surface area contributed by atoms with Crippen molar-refractivity contribution >= 4 is 40.5 Å². The van der Waals surface area contributed by atoms with Crippen molar-refractivity contribution in [1.29, 1.82) is 0 Å². The maximum atomic E-state index is 11.2. The highest BCUT2D eigenvalue weighted by molar-refractivity contribution is 6.42. The van der Waals surface area contributed by atoms with Gasteiger partial charge in [0, 0.05) is 18.7 Å². The number of nitro benzene ring substituents is 1. The van der Waals surface area contributed by atoms with Crippen LogP contribution >= 0.6 is 23.2 Å². The number of benzene rings is 1. The lowest BCUT2D eigenvalue weighted by atomic mass is 9.91. The quantitative estimate of drug-likeness (QED) is 0.675. The first-order valence-electron chi connectivity index (χ1n) is 6.44. The summed E-state index contributed by atoms with van der Waals surface area (Å²) in [5.74, 6) is -1.25. The number of anilines is 1. The summed E-state index contributed by atoms with van der Waals surface area (Å²) < 4.78 is 0. The minimum absolute atomic E-state index is 0.120. The van der Waals surface area contributed by atoms with Crippen LogP contribution in [0.4, 0.5) is 11.4 Å². The van der Waals surface area contributed by atoms with Gasteiger partial charge in [-0.2, -0.15) is 0 Å². The molecule has 6 nitrogen and oxygen atoms in total. The van der Waals surface area contributed by atoms with Gasteiger partial charge in [-0.15, -0.1) is 0 Å². The Hall–Kier alpha value is -1.53. The number of halogens is 2. The summed E-state index contributed by atoms with van der Waals surface area (Å²) in [6.45, 7) is 2.28. The van der Waals surface area contributed by atoms with Gasteiger partial charge in [0.25, 0.3) is 5.69 Å². The Morgan fingerprint density at radius 2 is 2.05 bits per heavy atom. The molecule has 21 heavy (non-hydrogen) atoms. The standard InChI is InChI=1S/C13H14Cl2N2O4/c1-7-4-8(13(18)19)2-3-16(7)11-5-9(14)10(15)6-12(11)17(20)21/h5-8H,2-4H2,1H3,(H,18,19). The average molecular weight is 333 g/mol. The summed E-state index contributed by atoms with van der Waals surface area (Å²) in [4.78, 5) is 23.6. The smallest absolute Gasteiger partial charge is 0.306 e. The van der Waals surface area contributed by atoms with E-state index in [0.717, 1.165) is 0 Å². The third-order valence-electron chi connectivity index (χ3n) is 3.75. The summed E-state index contributed by atoms with van der Waals surface area (Å²) in [6, 6.07) is 2.57. The molecular weight excluding hydrogens is 319 g/mol. The Morgan fingerprint density at radius 3 is 2.57 bits per heavy atom. The zero-order valence-corrected chi connectivity index (χ0v) is 12.8. The van der Waals surface area contributed by atoms with E-state index in [9.17, 15) is 14.9 Å². The molecule has 0 saturated carbocycles. The number of piperidine rings is 1. The molecule has 1 aromatic rings. The highest BCUT2D eigenvalue weighted by atomic mass is 35.5. The summed E-state index contributed by atoms with van der Waals surface area (Å²) in [5, 5.41) is 20.6. The van der Waals surface area contributed by atoms with E-state index in [4.69, 9.17) is 28.3 Å². The first-order valence-corrected chi connectivity index (χ1v) is 7.19. The van der Waals surface area contributed by atoms with Crippen molar-refractivity contribution in [3.8, 4) is 0 Å². The van der Waals surface area contributed by atoms with E-state index in [1.807, 2.05) is 11.8 Å². The number of nitro groups is 1. The molecule has 0 bridgehead atoms. The number of aliphatic carboxylic acids is 1. The predicted octanol–water partition coefficient (Wildman–Crippen LogP) is 3.59. The molecule has 0 radical (unpaired) electrons. The number of carbonyl (C=O) groups is 1. The van der Waals surface area contributed by atoms with Gasteiger partial charge in [-0.3, -0.25) is 14.9 Å². The van der Waals surface area contributed by atoms with Gasteiger partial charge < -0.3 is 10.0 Å². The van der Waals surface area contributed by atoms with E-state index in [0.29, 0.717) is 25.1 Å². The number of hydrogen-bond acceptors (Lipinski definition) is 4. The van der Waals surface area contributed by atoms with Crippen molar-refractivity contribution in [2.45, 2.75) is 25.8 Å². The zero-order chi connectivity index (χ0) is 15.7. The molecule has 0 amide bonds. The molecule has 2 unspecified atom stereocenters. The van der Waals surface area contributed by atoms with E-state index < -0.39 is 16.8 Å². The van der Waals surface area contributed by atoms with E-state index >= 15 is 0 Å². The Bertz CT molecular complexity index is 594. The van der Waals surface area contributed by atoms with Crippen LogP contribution in [-0.2, 0) is 4.79 Å². The average Bonchev–Trinajstić information content (AvgIpc) is 2.41. The molecule has 0 spiro atoms. The summed E-state index contributed by atoms with van der Waals surface area (Å²) in [5.41, 5.74) is 0.260. The van der Waals surface area contributed by atoms with Crippen molar-refractivity contribution in [2.75, 3.05) is 11.4 Å². The SMILES string of the molecule is CC1CC(C(=O)O)CCN1c1cc(Cl)c(Cl)cc1[N+](=O)[O-]. The third-order valence-corrected chi connectivity index (χ3v) is 4.47. The Balaban J connectivity index is 2.36. The van der Waals surface area contributed by atoms with Crippen LogP contribution < -0.4 is 4.90 Å². The molecule has 1 saturated heterocycles. The topological polar surface area (TPSA) is 83.7 Å². The zero-order valence-electron chi connectivity index (χ0n) is 11.3. The molecule has 0 aliphatic carbocycles. The van der Waals surface area contributed by atoms with Gasteiger partial charge >= 0.3 is 5.97 Å². The number of carboxylic acid groups (broad SMARTS) is 1. The van der Waals surface area contributed by atoms with E-state index in [1.54, 1.807) is 0 Å². The molecule has 1 N–H and O–H groups in total. The highest BCUT2D eigenvalue weighted by Gasteiger charge is 2.33. The van der Waals surface area contributed by atoms with Gasteiger partial charge in [0.05, 0.1) is 20.9 Å².